The summed E-state index contributed by atoms with van der Waals surface area (Å²) in [6.07, 6.45) is 2.58. The first-order valence-electron chi connectivity index (χ1n) is 12.5. The van der Waals surface area contributed by atoms with E-state index in [9.17, 15) is 18.0 Å². The van der Waals surface area contributed by atoms with Gasteiger partial charge in [0.25, 0.3) is 0 Å². The molecule has 0 bridgehead atoms. The van der Waals surface area contributed by atoms with E-state index in [2.05, 4.69) is 15.3 Å². The lowest BCUT2D eigenvalue weighted by Gasteiger charge is -2.12. The molecule has 0 unspecified atom stereocenters. The van der Waals surface area contributed by atoms with Gasteiger partial charge in [0, 0.05) is 29.4 Å². The van der Waals surface area contributed by atoms with Crippen LogP contribution >= 0.6 is 11.6 Å². The average Bonchev–Trinajstić information content (AvgIpc) is 3.39. The Morgan fingerprint density at radius 2 is 1.93 bits per heavy atom. The lowest BCUT2D eigenvalue weighted by atomic mass is 10.1. The van der Waals surface area contributed by atoms with Crippen LogP contribution in [0, 0.1) is 5.82 Å². The van der Waals surface area contributed by atoms with E-state index in [4.69, 9.17) is 20.8 Å². The summed E-state index contributed by atoms with van der Waals surface area (Å²) in [5.41, 5.74) is 2.84. The van der Waals surface area contributed by atoms with E-state index >= 15 is 0 Å². The Morgan fingerprint density at radius 3 is 2.71 bits per heavy atom. The standard InChI is InChI=1S/C29H26ClFN4O5S/c1-41(37,38)12-11-35(36)16-23-7-10-27(40-23)20-5-8-26-24(14-20)29(33-18-32-26)34-22-6-9-28(25(30)15-22)39-17-19-3-2-4-21(31)13-19/h2-10,13-15,18,36H,11-12,16-17H2,1H3,(H,32,33,34). The Kier molecular flexibility index (Phi) is 8.50. The molecular formula is C29H26ClFN4O5S. The monoisotopic (exact) mass is 596 g/mol. The minimum Gasteiger partial charge on any atom is -0.487 e. The summed E-state index contributed by atoms with van der Waals surface area (Å²) in [5, 5.41) is 15.3. The van der Waals surface area contributed by atoms with E-state index in [1.807, 2.05) is 18.2 Å². The Labute approximate surface area is 241 Å². The fraction of sp³-hybridized carbons (Fsp3) is 0.172. The molecule has 2 heterocycles. The normalized spacial score (nSPS) is 11.7. The van der Waals surface area contributed by atoms with Crippen LogP contribution in [0.4, 0.5) is 15.9 Å². The van der Waals surface area contributed by atoms with Crippen LogP contribution < -0.4 is 10.1 Å². The molecule has 5 aromatic rings. The number of furan rings is 1. The number of rotatable bonds is 11. The highest BCUT2D eigenvalue weighted by molar-refractivity contribution is 7.90. The topological polar surface area (TPSA) is 118 Å². The molecule has 41 heavy (non-hydrogen) atoms. The third-order valence-electron chi connectivity index (χ3n) is 6.12. The van der Waals surface area contributed by atoms with Crippen LogP contribution in [0.3, 0.4) is 0 Å². The van der Waals surface area contributed by atoms with Crippen molar-refractivity contribution in [2.45, 2.75) is 13.2 Å². The lowest BCUT2D eigenvalue weighted by molar-refractivity contribution is -0.0977. The van der Waals surface area contributed by atoms with E-state index in [1.165, 1.54) is 18.5 Å². The maximum Gasteiger partial charge on any atom is 0.148 e. The van der Waals surface area contributed by atoms with Gasteiger partial charge in [-0.15, -0.1) is 0 Å². The minimum atomic E-state index is -3.19. The van der Waals surface area contributed by atoms with Crippen molar-refractivity contribution in [3.8, 4) is 17.1 Å². The number of hydrogen-bond donors (Lipinski definition) is 2. The number of sulfone groups is 1. The van der Waals surface area contributed by atoms with Gasteiger partial charge in [0.15, 0.2) is 0 Å². The zero-order chi connectivity index (χ0) is 29.0. The molecule has 2 aromatic heterocycles. The van der Waals surface area contributed by atoms with Gasteiger partial charge in [0.05, 0.1) is 22.8 Å². The molecule has 0 radical (unpaired) electrons. The molecule has 0 aliphatic carbocycles. The maximum atomic E-state index is 13.4. The fourth-order valence-corrected chi connectivity index (χ4v) is 4.86. The number of nitrogens with one attached hydrogen (secondary N) is 1. The van der Waals surface area contributed by atoms with E-state index in [0.29, 0.717) is 44.9 Å². The predicted molar refractivity (Wildman–Crippen MR) is 155 cm³/mol. The van der Waals surface area contributed by atoms with Crippen molar-refractivity contribution >= 4 is 43.8 Å². The second-order valence-corrected chi connectivity index (χ2v) is 12.1. The Morgan fingerprint density at radius 1 is 1.07 bits per heavy atom. The first-order valence-corrected chi connectivity index (χ1v) is 15.0. The van der Waals surface area contributed by atoms with Gasteiger partial charge in [-0.05, 0) is 66.2 Å². The average molecular weight is 597 g/mol. The number of hydroxylamine groups is 2. The second kappa shape index (κ2) is 12.2. The molecular weight excluding hydrogens is 571 g/mol. The van der Waals surface area contributed by atoms with Crippen LogP contribution in [0.15, 0.2) is 83.5 Å². The largest absolute Gasteiger partial charge is 0.487 e. The first kappa shape index (κ1) is 28.5. The van der Waals surface area contributed by atoms with Crippen LogP contribution in [0.25, 0.3) is 22.2 Å². The highest BCUT2D eigenvalue weighted by Crippen LogP contribution is 2.33. The van der Waals surface area contributed by atoms with Crippen molar-refractivity contribution in [1.29, 1.82) is 0 Å². The minimum absolute atomic E-state index is 0.0264. The highest BCUT2D eigenvalue weighted by atomic mass is 35.5. The third kappa shape index (κ3) is 7.59. The Balaban J connectivity index is 1.30. The first-order chi connectivity index (χ1) is 19.6. The number of halogens is 2. The smallest absolute Gasteiger partial charge is 0.148 e. The van der Waals surface area contributed by atoms with Crippen molar-refractivity contribution in [2.75, 3.05) is 23.9 Å². The Hall–Kier alpha value is -4.03. The zero-order valence-electron chi connectivity index (χ0n) is 21.9. The quantitative estimate of drug-likeness (QED) is 0.171. The van der Waals surface area contributed by atoms with Gasteiger partial charge in [-0.3, -0.25) is 0 Å². The SMILES string of the molecule is CS(=O)(=O)CCN(O)Cc1ccc(-c2ccc3ncnc(Nc4ccc(OCc5cccc(F)c5)c(Cl)c4)c3c2)o1. The van der Waals surface area contributed by atoms with Crippen molar-refractivity contribution in [1.82, 2.24) is 15.0 Å². The number of hydrogen-bond acceptors (Lipinski definition) is 9. The van der Waals surface area contributed by atoms with Gasteiger partial charge in [-0.25, -0.2) is 22.8 Å². The number of nitrogens with zero attached hydrogens (tertiary/aromatic N) is 3. The van der Waals surface area contributed by atoms with Crippen molar-refractivity contribution in [3.05, 3.63) is 101 Å². The van der Waals surface area contributed by atoms with Crippen molar-refractivity contribution < 1.29 is 27.2 Å². The number of ether oxygens (including phenoxy) is 1. The molecule has 3 aromatic carbocycles. The molecule has 2 N–H and O–H groups in total. The van der Waals surface area contributed by atoms with Gasteiger partial charge in [0.1, 0.15) is 51.7 Å². The van der Waals surface area contributed by atoms with Crippen LogP contribution in [-0.4, -0.2) is 47.2 Å². The Bertz CT molecular complexity index is 1800. The summed E-state index contributed by atoms with van der Waals surface area (Å²) < 4.78 is 47.8. The van der Waals surface area contributed by atoms with Crippen LogP contribution in [-0.2, 0) is 23.0 Å². The third-order valence-corrected chi connectivity index (χ3v) is 7.34. The molecule has 0 amide bonds. The van der Waals surface area contributed by atoms with Gasteiger partial charge < -0.3 is 19.7 Å². The molecule has 0 saturated heterocycles. The van der Waals surface area contributed by atoms with Crippen LogP contribution in [0.1, 0.15) is 11.3 Å². The predicted octanol–water partition coefficient (Wildman–Crippen LogP) is 6.24. The molecule has 212 valence electrons. The van der Waals surface area contributed by atoms with Gasteiger partial charge in [-0.2, -0.15) is 5.06 Å². The molecule has 5 rings (SSSR count). The van der Waals surface area contributed by atoms with Gasteiger partial charge in [-0.1, -0.05) is 23.7 Å². The van der Waals surface area contributed by atoms with Gasteiger partial charge >= 0.3 is 0 Å². The second-order valence-electron chi connectivity index (χ2n) is 9.43. The maximum absolute atomic E-state index is 13.4. The number of aromatic nitrogens is 2. The summed E-state index contributed by atoms with van der Waals surface area (Å²) in [5.74, 6) is 1.57. The molecule has 0 aliphatic heterocycles. The molecule has 9 nitrogen and oxygen atoms in total. The number of anilines is 2. The van der Waals surface area contributed by atoms with E-state index < -0.39 is 9.84 Å². The van der Waals surface area contributed by atoms with E-state index in [0.717, 1.165) is 22.3 Å². The number of benzene rings is 3. The van der Waals surface area contributed by atoms with Crippen molar-refractivity contribution in [3.63, 3.8) is 0 Å². The molecule has 0 spiro atoms. The lowest BCUT2D eigenvalue weighted by Crippen LogP contribution is -2.25. The number of fused-ring (bicyclic) bond motifs is 1. The zero-order valence-corrected chi connectivity index (χ0v) is 23.5. The molecule has 0 saturated carbocycles. The molecule has 12 heteroatoms. The summed E-state index contributed by atoms with van der Waals surface area (Å²) in [6, 6.07) is 20.5. The fourth-order valence-electron chi connectivity index (χ4n) is 4.08. The van der Waals surface area contributed by atoms with Gasteiger partial charge in [0.2, 0.25) is 0 Å². The van der Waals surface area contributed by atoms with Crippen LogP contribution in [0.2, 0.25) is 5.02 Å². The van der Waals surface area contributed by atoms with Crippen molar-refractivity contribution in [2.24, 2.45) is 0 Å². The van der Waals surface area contributed by atoms with E-state index in [1.54, 1.807) is 42.5 Å². The molecule has 0 atom stereocenters. The summed E-state index contributed by atoms with van der Waals surface area (Å²) in [7, 11) is -3.19. The van der Waals surface area contributed by atoms with E-state index in [-0.39, 0.29) is 31.3 Å². The van der Waals surface area contributed by atoms with Crippen LogP contribution in [0.5, 0.6) is 5.75 Å². The highest BCUT2D eigenvalue weighted by Gasteiger charge is 2.13. The summed E-state index contributed by atoms with van der Waals surface area (Å²) >= 11 is 6.46. The summed E-state index contributed by atoms with van der Waals surface area (Å²) in [6.45, 7) is 0.193. The molecule has 0 aliphatic rings. The molecule has 0 fully saturated rings. The summed E-state index contributed by atoms with van der Waals surface area (Å²) in [4.78, 5) is 8.76.